The van der Waals surface area contributed by atoms with Gasteiger partial charge in [0.25, 0.3) is 0 Å². The van der Waals surface area contributed by atoms with Crippen LogP contribution >= 0.6 is 11.8 Å². The van der Waals surface area contributed by atoms with Gasteiger partial charge in [0, 0.05) is 17.5 Å². The van der Waals surface area contributed by atoms with Crippen molar-refractivity contribution in [3.8, 4) is 0 Å². The Morgan fingerprint density at radius 3 is 2.89 bits per heavy atom. The lowest BCUT2D eigenvalue weighted by Crippen LogP contribution is -2.12. The maximum atomic E-state index is 9.95. The maximum Gasteiger partial charge on any atom is 0.0705 e. The van der Waals surface area contributed by atoms with Gasteiger partial charge in [-0.1, -0.05) is 31.2 Å². The highest BCUT2D eigenvalue weighted by molar-refractivity contribution is 7.99. The van der Waals surface area contributed by atoms with Crippen molar-refractivity contribution < 1.29 is 5.11 Å². The molecule has 2 aromatic rings. The average molecular weight is 261 g/mol. The molecular weight excluding hydrogens is 242 g/mol. The third-order valence-corrected chi connectivity index (χ3v) is 3.83. The smallest absolute Gasteiger partial charge is 0.0705 e. The zero-order valence-electron chi connectivity index (χ0n) is 10.7. The number of benzene rings is 1. The fourth-order valence-electron chi connectivity index (χ4n) is 1.93. The van der Waals surface area contributed by atoms with Crippen LogP contribution in [-0.2, 0) is 6.42 Å². The summed E-state index contributed by atoms with van der Waals surface area (Å²) < 4.78 is 0. The van der Waals surface area contributed by atoms with Gasteiger partial charge in [0.1, 0.15) is 0 Å². The zero-order valence-corrected chi connectivity index (χ0v) is 11.5. The summed E-state index contributed by atoms with van der Waals surface area (Å²) in [5, 5.41) is 11.1. The zero-order chi connectivity index (χ0) is 12.8. The largest absolute Gasteiger partial charge is 0.393 e. The van der Waals surface area contributed by atoms with Gasteiger partial charge in [0.2, 0.25) is 0 Å². The second-order valence-electron chi connectivity index (χ2n) is 4.34. The van der Waals surface area contributed by atoms with Crippen molar-refractivity contribution in [3.63, 3.8) is 0 Å². The van der Waals surface area contributed by atoms with Crippen LogP contribution < -0.4 is 0 Å². The van der Waals surface area contributed by atoms with Crippen LogP contribution in [0.2, 0.25) is 0 Å². The average Bonchev–Trinajstić information content (AvgIpc) is 2.39. The molecule has 1 atom stereocenters. The molecule has 0 bridgehead atoms. The minimum atomic E-state index is -0.280. The molecule has 0 aliphatic heterocycles. The van der Waals surface area contributed by atoms with Gasteiger partial charge in [0.15, 0.2) is 0 Å². The van der Waals surface area contributed by atoms with Crippen molar-refractivity contribution in [1.82, 2.24) is 4.98 Å². The molecule has 0 saturated heterocycles. The van der Waals surface area contributed by atoms with E-state index in [0.29, 0.717) is 6.42 Å². The van der Waals surface area contributed by atoms with Gasteiger partial charge in [-0.3, -0.25) is 4.98 Å². The molecule has 1 N–H and O–H groups in total. The van der Waals surface area contributed by atoms with Crippen molar-refractivity contribution in [2.75, 3.05) is 11.5 Å². The molecule has 0 aliphatic carbocycles. The number of fused-ring (bicyclic) bond motifs is 1. The molecule has 2 nitrogen and oxygen atoms in total. The lowest BCUT2D eigenvalue weighted by Gasteiger charge is -2.10. The molecule has 1 heterocycles. The van der Waals surface area contributed by atoms with Crippen LogP contribution in [0.4, 0.5) is 0 Å². The third-order valence-electron chi connectivity index (χ3n) is 2.90. The van der Waals surface area contributed by atoms with E-state index < -0.39 is 0 Å². The molecule has 0 saturated carbocycles. The predicted octanol–water partition coefficient (Wildman–Crippen LogP) is 3.28. The number of thioether (sulfide) groups is 1. The molecule has 96 valence electrons. The minimum absolute atomic E-state index is 0.280. The van der Waals surface area contributed by atoms with Gasteiger partial charge < -0.3 is 5.11 Å². The molecule has 1 aromatic carbocycles. The van der Waals surface area contributed by atoms with Crippen molar-refractivity contribution in [3.05, 3.63) is 42.1 Å². The topological polar surface area (TPSA) is 33.1 Å². The Morgan fingerprint density at radius 1 is 1.22 bits per heavy atom. The summed E-state index contributed by atoms with van der Waals surface area (Å²) in [6.07, 6.45) is 1.21. The molecule has 18 heavy (non-hydrogen) atoms. The van der Waals surface area contributed by atoms with Crippen molar-refractivity contribution in [1.29, 1.82) is 0 Å². The molecule has 0 spiro atoms. The Morgan fingerprint density at radius 2 is 2.06 bits per heavy atom. The normalized spacial score (nSPS) is 12.8. The first-order valence-electron chi connectivity index (χ1n) is 6.40. The van der Waals surface area contributed by atoms with E-state index in [0.717, 1.165) is 34.5 Å². The number of hydrogen-bond acceptors (Lipinski definition) is 3. The second kappa shape index (κ2) is 6.76. The second-order valence-corrected chi connectivity index (χ2v) is 5.73. The van der Waals surface area contributed by atoms with Crippen LogP contribution in [0.1, 0.15) is 19.0 Å². The number of aliphatic hydroxyl groups excluding tert-OH is 1. The standard InChI is InChI=1S/C15H19NOS/c1-2-18-10-9-14(17)11-13-8-7-12-5-3-4-6-15(12)16-13/h3-8,14,17H,2,9-11H2,1H3. The first kappa shape index (κ1) is 13.4. The molecule has 1 aromatic heterocycles. The summed E-state index contributed by atoms with van der Waals surface area (Å²) in [5.74, 6) is 2.13. The number of rotatable bonds is 6. The highest BCUT2D eigenvalue weighted by atomic mass is 32.2. The van der Waals surface area contributed by atoms with Crippen LogP contribution in [0.25, 0.3) is 10.9 Å². The summed E-state index contributed by atoms with van der Waals surface area (Å²) in [6.45, 7) is 2.14. The molecule has 0 aliphatic rings. The molecule has 0 fully saturated rings. The molecule has 0 amide bonds. The summed E-state index contributed by atoms with van der Waals surface area (Å²) in [7, 11) is 0. The van der Waals surface area contributed by atoms with Gasteiger partial charge in [0.05, 0.1) is 11.6 Å². The van der Waals surface area contributed by atoms with E-state index in [9.17, 15) is 5.11 Å². The Balaban J connectivity index is 1.98. The van der Waals surface area contributed by atoms with E-state index in [1.807, 2.05) is 36.0 Å². The van der Waals surface area contributed by atoms with Gasteiger partial charge in [-0.25, -0.2) is 0 Å². The number of nitrogens with zero attached hydrogens (tertiary/aromatic N) is 1. The number of para-hydroxylation sites is 1. The number of pyridine rings is 1. The van der Waals surface area contributed by atoms with Crippen LogP contribution in [0.5, 0.6) is 0 Å². The van der Waals surface area contributed by atoms with Gasteiger partial charge in [-0.15, -0.1) is 0 Å². The van der Waals surface area contributed by atoms with E-state index in [-0.39, 0.29) is 6.10 Å². The van der Waals surface area contributed by atoms with Gasteiger partial charge in [-0.2, -0.15) is 11.8 Å². The van der Waals surface area contributed by atoms with Crippen molar-refractivity contribution >= 4 is 22.7 Å². The fourth-order valence-corrected chi connectivity index (χ4v) is 2.66. The number of aliphatic hydroxyl groups is 1. The van der Waals surface area contributed by atoms with E-state index >= 15 is 0 Å². The third kappa shape index (κ3) is 3.72. The number of aromatic nitrogens is 1. The highest BCUT2D eigenvalue weighted by Crippen LogP contribution is 2.14. The van der Waals surface area contributed by atoms with Crippen molar-refractivity contribution in [2.24, 2.45) is 0 Å². The summed E-state index contributed by atoms with van der Waals surface area (Å²) >= 11 is 1.87. The van der Waals surface area contributed by atoms with E-state index in [1.165, 1.54) is 0 Å². The SMILES string of the molecule is CCSCCC(O)Cc1ccc2ccccc2n1. The van der Waals surface area contributed by atoms with E-state index in [2.05, 4.69) is 24.0 Å². The lowest BCUT2D eigenvalue weighted by atomic mass is 10.1. The molecule has 1 unspecified atom stereocenters. The van der Waals surface area contributed by atoms with Crippen molar-refractivity contribution in [2.45, 2.75) is 25.9 Å². The summed E-state index contributed by atoms with van der Waals surface area (Å²) in [6, 6.07) is 12.2. The predicted molar refractivity (Wildman–Crippen MR) is 79.1 cm³/mol. The molecule has 2 rings (SSSR count). The van der Waals surface area contributed by atoms with Crippen LogP contribution in [0.15, 0.2) is 36.4 Å². The van der Waals surface area contributed by atoms with Gasteiger partial charge in [-0.05, 0) is 30.1 Å². The van der Waals surface area contributed by atoms with E-state index in [4.69, 9.17) is 0 Å². The Labute approximate surface area is 112 Å². The molecule has 3 heteroatoms. The number of hydrogen-bond donors (Lipinski definition) is 1. The molecule has 0 radical (unpaired) electrons. The molecular formula is C15H19NOS. The Hall–Kier alpha value is -1.06. The van der Waals surface area contributed by atoms with Crippen LogP contribution in [0, 0.1) is 0 Å². The Bertz CT molecular complexity index is 501. The first-order valence-corrected chi connectivity index (χ1v) is 7.55. The maximum absolute atomic E-state index is 9.95. The monoisotopic (exact) mass is 261 g/mol. The fraction of sp³-hybridized carbons (Fsp3) is 0.400. The minimum Gasteiger partial charge on any atom is -0.393 e. The van der Waals surface area contributed by atoms with Crippen LogP contribution in [-0.4, -0.2) is 27.7 Å². The van der Waals surface area contributed by atoms with Gasteiger partial charge >= 0.3 is 0 Å². The Kier molecular flexibility index (Phi) is 5.02. The van der Waals surface area contributed by atoms with E-state index in [1.54, 1.807) is 0 Å². The lowest BCUT2D eigenvalue weighted by molar-refractivity contribution is 0.171. The first-order chi connectivity index (χ1) is 8.79. The quantitative estimate of drug-likeness (QED) is 0.810. The summed E-state index contributed by atoms with van der Waals surface area (Å²) in [5.41, 5.74) is 1.98. The highest BCUT2D eigenvalue weighted by Gasteiger charge is 2.07. The summed E-state index contributed by atoms with van der Waals surface area (Å²) in [4.78, 5) is 4.58. The van der Waals surface area contributed by atoms with Crippen LogP contribution in [0.3, 0.4) is 0 Å².